The fourth-order valence-electron chi connectivity index (χ4n) is 3.25. The van der Waals surface area contributed by atoms with Gasteiger partial charge in [0, 0.05) is 0 Å². The Morgan fingerprint density at radius 3 is 1.97 bits per heavy atom. The Morgan fingerprint density at radius 1 is 0.935 bits per heavy atom. The second-order valence-corrected chi connectivity index (χ2v) is 9.39. The average Bonchev–Trinajstić information content (AvgIpc) is 2.95. The fraction of sp³-hybridized carbons (Fsp3) is 0.364. The van der Waals surface area contributed by atoms with Crippen molar-refractivity contribution in [1.82, 2.24) is 0 Å². The Kier molecular flexibility index (Phi) is 6.78. The van der Waals surface area contributed by atoms with E-state index in [4.69, 9.17) is 18.4 Å². The second-order valence-electron chi connectivity index (χ2n) is 7.78. The van der Waals surface area contributed by atoms with E-state index in [0.29, 0.717) is 11.1 Å². The third-order valence-electron chi connectivity index (χ3n) is 4.87. The predicted octanol–water partition coefficient (Wildman–Crippen LogP) is 2.80. The Balaban J connectivity index is 1.79. The predicted molar refractivity (Wildman–Crippen MR) is 111 cm³/mol. The smallest absolute Gasteiger partial charge is 0.338 e. The van der Waals surface area contributed by atoms with Gasteiger partial charge in [0.25, 0.3) is 10.1 Å². The zero-order valence-corrected chi connectivity index (χ0v) is 18.2. The Hall–Kier alpha value is -2.75. The molecule has 0 N–H and O–H groups in total. The van der Waals surface area contributed by atoms with Gasteiger partial charge in [-0.2, -0.15) is 8.42 Å². The van der Waals surface area contributed by atoms with Crippen molar-refractivity contribution in [3.05, 3.63) is 71.8 Å². The lowest BCUT2D eigenvalue weighted by Gasteiger charge is -2.30. The number of carbonyl (C=O) groups excluding carboxylic acids is 2. The van der Waals surface area contributed by atoms with Gasteiger partial charge in [-0.1, -0.05) is 50.2 Å². The number of hydrogen-bond donors (Lipinski definition) is 0. The van der Waals surface area contributed by atoms with E-state index < -0.39 is 46.0 Å². The van der Waals surface area contributed by atoms with Crippen LogP contribution in [0.3, 0.4) is 0 Å². The molecule has 1 heterocycles. The van der Waals surface area contributed by atoms with Gasteiger partial charge in [0.2, 0.25) is 0 Å². The third kappa shape index (κ3) is 5.69. The highest BCUT2D eigenvalue weighted by Crippen LogP contribution is 2.42. The van der Waals surface area contributed by atoms with Crippen molar-refractivity contribution in [2.45, 2.75) is 32.3 Å². The highest BCUT2D eigenvalue weighted by atomic mass is 32.2. The topological polar surface area (TPSA) is 105 Å². The lowest BCUT2D eigenvalue weighted by Crippen LogP contribution is -2.42. The second kappa shape index (κ2) is 9.17. The van der Waals surface area contributed by atoms with E-state index in [9.17, 15) is 18.0 Å². The molecule has 8 nitrogen and oxygen atoms in total. The number of esters is 2. The molecule has 31 heavy (non-hydrogen) atoms. The highest BCUT2D eigenvalue weighted by molar-refractivity contribution is 7.86. The standard InChI is InChI=1S/C22H24O8S/c1-22(2)18(29-20(24)16-12-8-5-9-13-16)17(28-21(22)30-31(3,25)26)14-27-19(23)15-10-6-4-7-11-15/h4-13,17-18,21H,14H2,1-3H3/t17-,18-,21-/m1/s1. The molecule has 2 aromatic rings. The van der Waals surface area contributed by atoms with Gasteiger partial charge in [-0.05, 0) is 24.3 Å². The maximum absolute atomic E-state index is 12.6. The summed E-state index contributed by atoms with van der Waals surface area (Å²) in [4.78, 5) is 25.0. The zero-order chi connectivity index (χ0) is 22.6. The van der Waals surface area contributed by atoms with Gasteiger partial charge in [0.05, 0.1) is 22.8 Å². The van der Waals surface area contributed by atoms with E-state index in [1.807, 2.05) is 0 Å². The van der Waals surface area contributed by atoms with Crippen molar-refractivity contribution < 1.29 is 36.4 Å². The molecule has 0 radical (unpaired) electrons. The van der Waals surface area contributed by atoms with Crippen molar-refractivity contribution in [3.8, 4) is 0 Å². The minimum atomic E-state index is -3.85. The summed E-state index contributed by atoms with van der Waals surface area (Å²) in [6.45, 7) is 3.06. The molecule has 1 aliphatic rings. The maximum atomic E-state index is 12.6. The molecule has 0 saturated carbocycles. The summed E-state index contributed by atoms with van der Waals surface area (Å²) in [6.07, 6.45) is -2.19. The summed E-state index contributed by atoms with van der Waals surface area (Å²) in [5.41, 5.74) is -0.371. The average molecular weight is 448 g/mol. The lowest BCUT2D eigenvalue weighted by molar-refractivity contribution is -0.113. The first-order chi connectivity index (χ1) is 14.6. The van der Waals surface area contributed by atoms with Crippen LogP contribution in [0.15, 0.2) is 60.7 Å². The van der Waals surface area contributed by atoms with Gasteiger partial charge in [-0.25, -0.2) is 13.8 Å². The zero-order valence-electron chi connectivity index (χ0n) is 17.4. The minimum Gasteiger partial charge on any atom is -0.459 e. The number of hydrogen-bond acceptors (Lipinski definition) is 8. The first-order valence-corrected chi connectivity index (χ1v) is 11.4. The molecule has 1 saturated heterocycles. The van der Waals surface area contributed by atoms with Crippen LogP contribution in [0.5, 0.6) is 0 Å². The van der Waals surface area contributed by atoms with Crippen LogP contribution in [0.2, 0.25) is 0 Å². The van der Waals surface area contributed by atoms with Crippen molar-refractivity contribution in [1.29, 1.82) is 0 Å². The van der Waals surface area contributed by atoms with Crippen molar-refractivity contribution in [2.75, 3.05) is 12.9 Å². The van der Waals surface area contributed by atoms with Crippen LogP contribution in [0.25, 0.3) is 0 Å². The molecule has 3 atom stereocenters. The van der Waals surface area contributed by atoms with Crippen LogP contribution in [-0.4, -0.2) is 51.7 Å². The Morgan fingerprint density at radius 2 is 1.45 bits per heavy atom. The summed E-state index contributed by atoms with van der Waals surface area (Å²) in [7, 11) is -3.85. The monoisotopic (exact) mass is 448 g/mol. The number of rotatable bonds is 7. The SMILES string of the molecule is CC1(C)[C@@H](OS(C)(=O)=O)O[C@H](COC(=O)c2ccccc2)[C@H]1OC(=O)c1ccccc1. The first-order valence-electron chi connectivity index (χ1n) is 9.60. The highest BCUT2D eigenvalue weighted by Gasteiger charge is 2.55. The van der Waals surface area contributed by atoms with E-state index in [0.717, 1.165) is 6.26 Å². The van der Waals surface area contributed by atoms with Crippen LogP contribution in [0.1, 0.15) is 34.6 Å². The molecule has 1 fully saturated rings. The van der Waals surface area contributed by atoms with Crippen LogP contribution < -0.4 is 0 Å². The number of ether oxygens (including phenoxy) is 3. The van der Waals surface area contributed by atoms with Crippen molar-refractivity contribution in [2.24, 2.45) is 5.41 Å². The fourth-order valence-corrected chi connectivity index (χ4v) is 3.86. The quantitative estimate of drug-likeness (QED) is 0.470. The van der Waals surface area contributed by atoms with Gasteiger partial charge in [0.15, 0.2) is 6.29 Å². The van der Waals surface area contributed by atoms with Crippen LogP contribution in [0.4, 0.5) is 0 Å². The molecule has 166 valence electrons. The molecule has 3 rings (SSSR count). The molecule has 0 aliphatic carbocycles. The van der Waals surface area contributed by atoms with E-state index in [1.54, 1.807) is 74.5 Å². The van der Waals surface area contributed by atoms with Gasteiger partial charge in [0.1, 0.15) is 18.8 Å². The van der Waals surface area contributed by atoms with Crippen molar-refractivity contribution >= 4 is 22.1 Å². The molecule has 1 aliphatic heterocycles. The summed E-state index contributed by atoms with van der Waals surface area (Å²) in [5.74, 6) is -1.19. The van der Waals surface area contributed by atoms with Gasteiger partial charge in [-0.3, -0.25) is 0 Å². The molecule has 2 aromatic carbocycles. The van der Waals surface area contributed by atoms with Crippen LogP contribution in [0, 0.1) is 5.41 Å². The van der Waals surface area contributed by atoms with Crippen molar-refractivity contribution in [3.63, 3.8) is 0 Å². The van der Waals surface area contributed by atoms with Gasteiger partial charge < -0.3 is 14.2 Å². The molecular weight excluding hydrogens is 424 g/mol. The maximum Gasteiger partial charge on any atom is 0.338 e. The summed E-state index contributed by atoms with van der Waals surface area (Å²) in [6, 6.07) is 16.7. The van der Waals surface area contributed by atoms with Gasteiger partial charge in [-0.15, -0.1) is 0 Å². The summed E-state index contributed by atoms with van der Waals surface area (Å²) in [5, 5.41) is 0. The molecule has 0 aromatic heterocycles. The summed E-state index contributed by atoms with van der Waals surface area (Å²) < 4.78 is 45.2. The molecule has 9 heteroatoms. The molecular formula is C22H24O8S. The molecule has 0 unspecified atom stereocenters. The Bertz CT molecular complexity index is 1020. The first kappa shape index (κ1) is 22.9. The number of carbonyl (C=O) groups is 2. The minimum absolute atomic E-state index is 0.256. The van der Waals surface area contributed by atoms with E-state index in [1.165, 1.54) is 0 Å². The third-order valence-corrected chi connectivity index (χ3v) is 5.40. The number of benzene rings is 2. The Labute approximate surface area is 181 Å². The van der Waals surface area contributed by atoms with Crippen LogP contribution >= 0.6 is 0 Å². The largest absolute Gasteiger partial charge is 0.459 e. The normalized spacial score (nSPS) is 22.6. The lowest BCUT2D eigenvalue weighted by atomic mass is 9.85. The molecule has 0 spiro atoms. The van der Waals surface area contributed by atoms with E-state index in [2.05, 4.69) is 0 Å². The summed E-state index contributed by atoms with van der Waals surface area (Å²) >= 11 is 0. The van der Waals surface area contributed by atoms with Crippen LogP contribution in [-0.2, 0) is 28.5 Å². The molecule has 0 bridgehead atoms. The van der Waals surface area contributed by atoms with Gasteiger partial charge >= 0.3 is 11.9 Å². The molecule has 0 amide bonds. The van der Waals surface area contributed by atoms with E-state index >= 15 is 0 Å². The van der Waals surface area contributed by atoms with E-state index in [-0.39, 0.29) is 6.61 Å².